The summed E-state index contributed by atoms with van der Waals surface area (Å²) in [5.41, 5.74) is 0.311. The van der Waals surface area contributed by atoms with Gasteiger partial charge in [-0.1, -0.05) is 48.0 Å². The standard InChI is InChI=1S/C15H12Cl2O2S2/c1-2-20-11-4-3-5-12(14(11)15(18)19)21-13-8-9(16)6-7-10(13)17/h3-8H,2H2,1H3,(H,18,19). The summed E-state index contributed by atoms with van der Waals surface area (Å²) in [7, 11) is 0. The van der Waals surface area contributed by atoms with E-state index in [1.165, 1.54) is 23.5 Å². The van der Waals surface area contributed by atoms with Crippen LogP contribution in [0.15, 0.2) is 51.1 Å². The second-order valence-corrected chi connectivity index (χ2v) is 7.28. The number of aromatic carboxylic acids is 1. The molecule has 2 nitrogen and oxygen atoms in total. The average Bonchev–Trinajstić information content (AvgIpc) is 2.43. The van der Waals surface area contributed by atoms with Crippen molar-refractivity contribution in [2.75, 3.05) is 5.75 Å². The van der Waals surface area contributed by atoms with E-state index in [1.54, 1.807) is 24.3 Å². The maximum atomic E-state index is 11.6. The second kappa shape index (κ2) is 7.45. The van der Waals surface area contributed by atoms with E-state index in [-0.39, 0.29) is 0 Å². The molecule has 0 aromatic heterocycles. The summed E-state index contributed by atoms with van der Waals surface area (Å²) < 4.78 is 0. The first kappa shape index (κ1) is 16.6. The molecule has 0 bridgehead atoms. The first-order valence-electron chi connectivity index (χ1n) is 6.15. The molecule has 0 atom stereocenters. The van der Waals surface area contributed by atoms with E-state index >= 15 is 0 Å². The van der Waals surface area contributed by atoms with Crippen LogP contribution in [0.5, 0.6) is 0 Å². The molecule has 0 aliphatic heterocycles. The number of carboxylic acid groups (broad SMARTS) is 1. The molecule has 0 saturated carbocycles. The Hall–Kier alpha value is -0.810. The van der Waals surface area contributed by atoms with Crippen LogP contribution in [0.25, 0.3) is 0 Å². The molecule has 0 spiro atoms. The minimum Gasteiger partial charge on any atom is -0.478 e. The molecule has 2 aromatic rings. The fraction of sp³-hybridized carbons (Fsp3) is 0.133. The lowest BCUT2D eigenvalue weighted by Gasteiger charge is -2.11. The Morgan fingerprint density at radius 2 is 1.86 bits per heavy atom. The van der Waals surface area contributed by atoms with Crippen LogP contribution in [-0.2, 0) is 0 Å². The average molecular weight is 359 g/mol. The van der Waals surface area contributed by atoms with Gasteiger partial charge in [-0.05, 0) is 36.1 Å². The lowest BCUT2D eigenvalue weighted by Crippen LogP contribution is -2.01. The summed E-state index contributed by atoms with van der Waals surface area (Å²) in [5, 5.41) is 10.6. The Morgan fingerprint density at radius 1 is 1.14 bits per heavy atom. The molecular formula is C15H12Cl2O2S2. The zero-order chi connectivity index (χ0) is 15.4. The maximum Gasteiger partial charge on any atom is 0.337 e. The van der Waals surface area contributed by atoms with Crippen LogP contribution in [0, 0.1) is 0 Å². The molecule has 1 N–H and O–H groups in total. The summed E-state index contributed by atoms with van der Waals surface area (Å²) >= 11 is 14.9. The van der Waals surface area contributed by atoms with Crippen molar-refractivity contribution in [1.82, 2.24) is 0 Å². The Labute approximate surface area is 141 Å². The van der Waals surface area contributed by atoms with E-state index in [2.05, 4.69) is 0 Å². The molecule has 0 heterocycles. The molecule has 0 unspecified atom stereocenters. The van der Waals surface area contributed by atoms with Gasteiger partial charge in [0.15, 0.2) is 0 Å². The van der Waals surface area contributed by atoms with E-state index < -0.39 is 5.97 Å². The van der Waals surface area contributed by atoms with Crippen LogP contribution in [0.3, 0.4) is 0 Å². The van der Waals surface area contributed by atoms with Crippen molar-refractivity contribution in [3.63, 3.8) is 0 Å². The summed E-state index contributed by atoms with van der Waals surface area (Å²) in [4.78, 5) is 13.7. The largest absolute Gasteiger partial charge is 0.478 e. The van der Waals surface area contributed by atoms with Gasteiger partial charge >= 0.3 is 5.97 Å². The van der Waals surface area contributed by atoms with Gasteiger partial charge < -0.3 is 5.11 Å². The van der Waals surface area contributed by atoms with Gasteiger partial charge in [0.1, 0.15) is 0 Å². The van der Waals surface area contributed by atoms with Crippen LogP contribution >= 0.6 is 46.7 Å². The molecule has 2 rings (SSSR count). The summed E-state index contributed by atoms with van der Waals surface area (Å²) in [6.07, 6.45) is 0. The molecule has 0 amide bonds. The zero-order valence-corrected chi connectivity index (χ0v) is 14.2. The number of carbonyl (C=O) groups is 1. The third-order valence-electron chi connectivity index (χ3n) is 2.61. The highest BCUT2D eigenvalue weighted by Gasteiger charge is 2.17. The van der Waals surface area contributed by atoms with Crippen LogP contribution in [0.4, 0.5) is 0 Å². The highest BCUT2D eigenvalue weighted by molar-refractivity contribution is 8.00. The van der Waals surface area contributed by atoms with Gasteiger partial charge in [-0.2, -0.15) is 0 Å². The summed E-state index contributed by atoms with van der Waals surface area (Å²) in [5.74, 6) is -0.126. The quantitative estimate of drug-likeness (QED) is 0.669. The predicted molar refractivity (Wildman–Crippen MR) is 90.4 cm³/mol. The Bertz CT molecular complexity index is 675. The molecule has 2 aromatic carbocycles. The molecule has 0 aliphatic carbocycles. The third kappa shape index (κ3) is 4.10. The minimum absolute atomic E-state index is 0.311. The number of hydrogen-bond acceptors (Lipinski definition) is 3. The van der Waals surface area contributed by atoms with E-state index in [0.29, 0.717) is 20.5 Å². The third-order valence-corrected chi connectivity index (χ3v) is 5.35. The fourth-order valence-corrected chi connectivity index (χ4v) is 4.15. The molecule has 6 heteroatoms. The molecular weight excluding hydrogens is 347 g/mol. The minimum atomic E-state index is -0.938. The van der Waals surface area contributed by atoms with Gasteiger partial charge in [-0.15, -0.1) is 11.8 Å². The van der Waals surface area contributed by atoms with Crippen LogP contribution in [0.2, 0.25) is 10.0 Å². The van der Waals surface area contributed by atoms with Gasteiger partial charge in [-0.25, -0.2) is 4.79 Å². The van der Waals surface area contributed by atoms with E-state index in [4.69, 9.17) is 23.2 Å². The number of benzene rings is 2. The van der Waals surface area contributed by atoms with Crippen LogP contribution in [0.1, 0.15) is 17.3 Å². The normalized spacial score (nSPS) is 10.6. The number of hydrogen-bond donors (Lipinski definition) is 1. The van der Waals surface area contributed by atoms with E-state index in [9.17, 15) is 9.90 Å². The van der Waals surface area contributed by atoms with Crippen LogP contribution in [-0.4, -0.2) is 16.8 Å². The van der Waals surface area contributed by atoms with E-state index in [0.717, 1.165) is 15.5 Å². The van der Waals surface area contributed by atoms with Gasteiger partial charge in [0.2, 0.25) is 0 Å². The topological polar surface area (TPSA) is 37.3 Å². The molecule has 0 radical (unpaired) electrons. The van der Waals surface area contributed by atoms with Gasteiger partial charge in [-0.3, -0.25) is 0 Å². The monoisotopic (exact) mass is 358 g/mol. The van der Waals surface area contributed by atoms with Crippen LogP contribution < -0.4 is 0 Å². The first-order valence-corrected chi connectivity index (χ1v) is 8.70. The van der Waals surface area contributed by atoms with Crippen molar-refractivity contribution in [3.8, 4) is 0 Å². The highest BCUT2D eigenvalue weighted by Crippen LogP contribution is 2.39. The van der Waals surface area contributed by atoms with E-state index in [1.807, 2.05) is 19.1 Å². The van der Waals surface area contributed by atoms with Crippen molar-refractivity contribution >= 4 is 52.7 Å². The maximum absolute atomic E-state index is 11.6. The first-order chi connectivity index (χ1) is 10.0. The Kier molecular flexibility index (Phi) is 5.88. The molecule has 0 saturated heterocycles. The van der Waals surface area contributed by atoms with Crippen molar-refractivity contribution in [1.29, 1.82) is 0 Å². The van der Waals surface area contributed by atoms with Crippen molar-refractivity contribution < 1.29 is 9.90 Å². The highest BCUT2D eigenvalue weighted by atomic mass is 35.5. The lowest BCUT2D eigenvalue weighted by atomic mass is 10.2. The van der Waals surface area contributed by atoms with Crippen molar-refractivity contribution in [3.05, 3.63) is 52.0 Å². The number of thioether (sulfide) groups is 1. The summed E-state index contributed by atoms with van der Waals surface area (Å²) in [6.45, 7) is 1.99. The fourth-order valence-electron chi connectivity index (χ4n) is 1.76. The molecule has 0 aliphatic rings. The van der Waals surface area contributed by atoms with Crippen molar-refractivity contribution in [2.24, 2.45) is 0 Å². The van der Waals surface area contributed by atoms with Gasteiger partial charge in [0.05, 0.1) is 10.6 Å². The lowest BCUT2D eigenvalue weighted by molar-refractivity contribution is 0.0689. The summed E-state index contributed by atoms with van der Waals surface area (Å²) in [6, 6.07) is 10.6. The SMILES string of the molecule is CCSc1cccc(Sc2cc(Cl)ccc2Cl)c1C(=O)O. The second-order valence-electron chi connectivity index (χ2n) is 4.04. The van der Waals surface area contributed by atoms with Gasteiger partial charge in [0.25, 0.3) is 0 Å². The predicted octanol–water partition coefficient (Wildman–Crippen LogP) is 5.95. The zero-order valence-electron chi connectivity index (χ0n) is 11.1. The van der Waals surface area contributed by atoms with Crippen molar-refractivity contribution in [2.45, 2.75) is 21.6 Å². The molecule has 110 valence electrons. The van der Waals surface area contributed by atoms with Gasteiger partial charge in [0, 0.05) is 19.7 Å². The smallest absolute Gasteiger partial charge is 0.337 e. The number of rotatable bonds is 5. The number of carboxylic acids is 1. The molecule has 0 fully saturated rings. The molecule has 21 heavy (non-hydrogen) atoms. The Balaban J connectivity index is 2.46. The number of halogens is 2. The Morgan fingerprint density at radius 3 is 2.52 bits per heavy atom.